The Morgan fingerprint density at radius 3 is 2.43 bits per heavy atom. The van der Waals surface area contributed by atoms with Crippen LogP contribution in [0.25, 0.3) is 0 Å². The van der Waals surface area contributed by atoms with Crippen molar-refractivity contribution in [3.63, 3.8) is 0 Å². The molecule has 0 unspecified atom stereocenters. The number of Topliss-reactive ketones (excluding diaryl/α,β-unsaturated/α-hetero) is 3. The van der Waals surface area contributed by atoms with Crippen LogP contribution < -0.4 is 0 Å². The zero-order chi connectivity index (χ0) is 17.2. The topological polar surface area (TPSA) is 51.2 Å². The van der Waals surface area contributed by atoms with Crippen molar-refractivity contribution in [1.29, 1.82) is 0 Å². The molecule has 3 aliphatic carbocycles. The zero-order valence-electron chi connectivity index (χ0n) is 14.7. The number of ketones is 3. The van der Waals surface area contributed by atoms with Gasteiger partial charge in [-0.1, -0.05) is 32.9 Å². The predicted octanol–water partition coefficient (Wildman–Crippen LogP) is 3.68. The standard InChI is InChI=1S/C20H26O3/c1-11-6-13-8-12(2)15(21)9-16-19(3,4)10-17(22)20(16,5)18(23)14(13)7-11/h6,8,11,14,16H,7,9-10H2,1-5H3/t11-,14-,16+,20-/m0/s1. The molecule has 3 rings (SSSR count). The maximum absolute atomic E-state index is 13.4. The van der Waals surface area contributed by atoms with Crippen molar-refractivity contribution in [3.05, 3.63) is 23.3 Å². The van der Waals surface area contributed by atoms with Gasteiger partial charge < -0.3 is 0 Å². The van der Waals surface area contributed by atoms with Gasteiger partial charge in [0, 0.05) is 18.8 Å². The van der Waals surface area contributed by atoms with E-state index in [1.807, 2.05) is 26.8 Å². The van der Waals surface area contributed by atoms with Gasteiger partial charge in [0.1, 0.15) is 5.78 Å². The summed E-state index contributed by atoms with van der Waals surface area (Å²) in [6.45, 7) is 9.76. The van der Waals surface area contributed by atoms with Crippen molar-refractivity contribution < 1.29 is 14.4 Å². The lowest BCUT2D eigenvalue weighted by Gasteiger charge is -2.36. The maximum Gasteiger partial charge on any atom is 0.158 e. The first-order valence-corrected chi connectivity index (χ1v) is 8.58. The first-order chi connectivity index (χ1) is 10.6. The fourth-order valence-electron chi connectivity index (χ4n) is 4.95. The minimum Gasteiger partial charge on any atom is -0.299 e. The van der Waals surface area contributed by atoms with E-state index >= 15 is 0 Å². The third-order valence-electron chi connectivity index (χ3n) is 6.36. The Morgan fingerprint density at radius 2 is 1.78 bits per heavy atom. The number of carbonyl (C=O) groups excluding carboxylic acids is 3. The minimum absolute atomic E-state index is 0.0174. The Balaban J connectivity index is 2.17. The van der Waals surface area contributed by atoms with Gasteiger partial charge in [-0.3, -0.25) is 14.4 Å². The monoisotopic (exact) mass is 314 g/mol. The number of hydrogen-bond donors (Lipinski definition) is 0. The molecule has 4 atom stereocenters. The lowest BCUT2D eigenvalue weighted by molar-refractivity contribution is -0.142. The molecule has 0 aromatic carbocycles. The second-order valence-corrected chi connectivity index (χ2v) is 8.59. The molecule has 3 aliphatic rings. The summed E-state index contributed by atoms with van der Waals surface area (Å²) in [6, 6.07) is 0. The normalized spacial score (nSPS) is 39.9. The van der Waals surface area contributed by atoms with E-state index < -0.39 is 5.41 Å². The zero-order valence-corrected chi connectivity index (χ0v) is 14.7. The van der Waals surface area contributed by atoms with Crippen LogP contribution in [-0.4, -0.2) is 17.3 Å². The van der Waals surface area contributed by atoms with Crippen LogP contribution >= 0.6 is 0 Å². The largest absolute Gasteiger partial charge is 0.299 e. The van der Waals surface area contributed by atoms with Gasteiger partial charge in [-0.05, 0) is 48.7 Å². The van der Waals surface area contributed by atoms with Gasteiger partial charge in [0.25, 0.3) is 0 Å². The first kappa shape index (κ1) is 16.4. The summed E-state index contributed by atoms with van der Waals surface area (Å²) in [5.41, 5.74) is 0.316. The van der Waals surface area contributed by atoms with Gasteiger partial charge in [0.15, 0.2) is 11.6 Å². The van der Waals surface area contributed by atoms with Crippen molar-refractivity contribution in [2.24, 2.45) is 28.6 Å². The lowest BCUT2D eigenvalue weighted by Crippen LogP contribution is -2.44. The molecule has 0 bridgehead atoms. The van der Waals surface area contributed by atoms with Crippen LogP contribution in [0.15, 0.2) is 23.3 Å². The number of carbonyl (C=O) groups is 3. The molecule has 3 nitrogen and oxygen atoms in total. The fourth-order valence-corrected chi connectivity index (χ4v) is 4.95. The van der Waals surface area contributed by atoms with Crippen molar-refractivity contribution in [3.8, 4) is 0 Å². The van der Waals surface area contributed by atoms with Crippen LogP contribution in [0.4, 0.5) is 0 Å². The second-order valence-electron chi connectivity index (χ2n) is 8.59. The molecule has 0 N–H and O–H groups in total. The molecule has 0 aliphatic heterocycles. The molecular weight excluding hydrogens is 288 g/mol. The van der Waals surface area contributed by atoms with Gasteiger partial charge >= 0.3 is 0 Å². The third-order valence-corrected chi connectivity index (χ3v) is 6.36. The van der Waals surface area contributed by atoms with Crippen LogP contribution in [0.5, 0.6) is 0 Å². The van der Waals surface area contributed by atoms with Crippen LogP contribution in [0.2, 0.25) is 0 Å². The fraction of sp³-hybridized carbons (Fsp3) is 0.650. The highest BCUT2D eigenvalue weighted by Gasteiger charge is 2.61. The molecular formula is C20H26O3. The van der Waals surface area contributed by atoms with Crippen LogP contribution in [0, 0.1) is 28.6 Å². The molecule has 0 spiro atoms. The van der Waals surface area contributed by atoms with Crippen molar-refractivity contribution in [2.45, 2.75) is 53.9 Å². The Bertz CT molecular complexity index is 664. The van der Waals surface area contributed by atoms with E-state index in [-0.39, 0.29) is 34.6 Å². The Morgan fingerprint density at radius 1 is 1.13 bits per heavy atom. The van der Waals surface area contributed by atoms with E-state index in [4.69, 9.17) is 0 Å². The van der Waals surface area contributed by atoms with Gasteiger partial charge in [0.2, 0.25) is 0 Å². The summed E-state index contributed by atoms with van der Waals surface area (Å²) >= 11 is 0. The lowest BCUT2D eigenvalue weighted by atomic mass is 9.64. The molecule has 0 heterocycles. The summed E-state index contributed by atoms with van der Waals surface area (Å²) in [5.74, 6) is -0.0181. The number of rotatable bonds is 0. The number of hydrogen-bond acceptors (Lipinski definition) is 3. The van der Waals surface area contributed by atoms with E-state index in [0.29, 0.717) is 24.3 Å². The minimum atomic E-state index is -1.02. The molecule has 0 saturated heterocycles. The highest BCUT2D eigenvalue weighted by Crippen LogP contribution is 2.56. The molecule has 0 radical (unpaired) electrons. The molecule has 0 aromatic heterocycles. The molecule has 124 valence electrons. The average molecular weight is 314 g/mol. The highest BCUT2D eigenvalue weighted by atomic mass is 16.2. The molecule has 3 heteroatoms. The van der Waals surface area contributed by atoms with Crippen LogP contribution in [0.1, 0.15) is 53.9 Å². The molecule has 1 fully saturated rings. The Hall–Kier alpha value is -1.51. The van der Waals surface area contributed by atoms with E-state index in [1.54, 1.807) is 6.92 Å². The summed E-state index contributed by atoms with van der Waals surface area (Å²) in [4.78, 5) is 38.9. The molecule has 23 heavy (non-hydrogen) atoms. The highest BCUT2D eigenvalue weighted by molar-refractivity contribution is 6.12. The van der Waals surface area contributed by atoms with Crippen molar-refractivity contribution >= 4 is 17.3 Å². The third kappa shape index (κ3) is 2.28. The average Bonchev–Trinajstić information content (AvgIpc) is 2.88. The van der Waals surface area contributed by atoms with Crippen molar-refractivity contribution in [2.75, 3.05) is 0 Å². The second kappa shape index (κ2) is 4.99. The van der Waals surface area contributed by atoms with Crippen LogP contribution in [0.3, 0.4) is 0 Å². The summed E-state index contributed by atoms with van der Waals surface area (Å²) in [7, 11) is 0. The summed E-state index contributed by atoms with van der Waals surface area (Å²) < 4.78 is 0. The maximum atomic E-state index is 13.4. The first-order valence-electron chi connectivity index (χ1n) is 8.58. The van der Waals surface area contributed by atoms with E-state index in [9.17, 15) is 14.4 Å². The number of allylic oxidation sites excluding steroid dienone is 4. The number of fused-ring (bicyclic) bond motifs is 2. The van der Waals surface area contributed by atoms with Gasteiger partial charge in [0.05, 0.1) is 5.41 Å². The molecule has 0 amide bonds. The SMILES string of the molecule is CC1=CC2=C[C@H](C)C[C@@H]2C(=O)[C@]2(C)C(=O)CC(C)(C)[C@H]2CC1=O. The van der Waals surface area contributed by atoms with E-state index in [1.165, 1.54) is 0 Å². The van der Waals surface area contributed by atoms with Gasteiger partial charge in [-0.15, -0.1) is 0 Å². The Labute approximate surface area is 138 Å². The Kier molecular flexibility index (Phi) is 3.55. The molecule has 1 saturated carbocycles. The summed E-state index contributed by atoms with van der Waals surface area (Å²) in [5, 5.41) is 0. The van der Waals surface area contributed by atoms with Crippen LogP contribution in [-0.2, 0) is 14.4 Å². The van der Waals surface area contributed by atoms with Gasteiger partial charge in [-0.2, -0.15) is 0 Å². The quantitative estimate of drug-likeness (QED) is 0.641. The smallest absolute Gasteiger partial charge is 0.158 e. The van der Waals surface area contributed by atoms with E-state index in [2.05, 4.69) is 13.0 Å². The van der Waals surface area contributed by atoms with Crippen molar-refractivity contribution in [1.82, 2.24) is 0 Å². The van der Waals surface area contributed by atoms with E-state index in [0.717, 1.165) is 12.0 Å². The predicted molar refractivity (Wildman–Crippen MR) is 88.7 cm³/mol. The molecule has 0 aromatic rings. The summed E-state index contributed by atoms with van der Waals surface area (Å²) in [6.07, 6.45) is 5.40. The van der Waals surface area contributed by atoms with Gasteiger partial charge in [-0.25, -0.2) is 0 Å².